The van der Waals surface area contributed by atoms with Crippen LogP contribution in [0.3, 0.4) is 0 Å². The lowest BCUT2D eigenvalue weighted by Gasteiger charge is -2.30. The highest BCUT2D eigenvalue weighted by Gasteiger charge is 2.28. The molecule has 0 aromatic heterocycles. The molecule has 0 fully saturated rings. The van der Waals surface area contributed by atoms with Gasteiger partial charge in [0.15, 0.2) is 0 Å². The Balaban J connectivity index is 2.11. The van der Waals surface area contributed by atoms with Crippen LogP contribution in [0.1, 0.15) is 37.8 Å². The van der Waals surface area contributed by atoms with Crippen molar-refractivity contribution >= 4 is 46.8 Å². The number of hydrogen-bond acceptors (Lipinski definition) is 3. The van der Waals surface area contributed by atoms with Gasteiger partial charge < -0.3 is 10.2 Å². The summed E-state index contributed by atoms with van der Waals surface area (Å²) >= 11 is 13.6. The molecule has 2 rings (SSSR count). The zero-order chi connectivity index (χ0) is 22.8. The van der Waals surface area contributed by atoms with E-state index >= 15 is 0 Å². The Morgan fingerprint density at radius 2 is 1.84 bits per heavy atom. The maximum atomic E-state index is 13.3. The highest BCUT2D eigenvalue weighted by atomic mass is 35.5. The highest BCUT2D eigenvalue weighted by molar-refractivity contribution is 7.99. The molecular formula is C23H27Cl2FN2O2S. The summed E-state index contributed by atoms with van der Waals surface area (Å²) < 4.78 is 13.3. The van der Waals surface area contributed by atoms with Crippen molar-refractivity contribution in [3.05, 3.63) is 69.5 Å². The largest absolute Gasteiger partial charge is 0.354 e. The zero-order valence-corrected chi connectivity index (χ0v) is 20.0. The van der Waals surface area contributed by atoms with Gasteiger partial charge in [-0.1, -0.05) is 55.2 Å². The van der Waals surface area contributed by atoms with E-state index in [0.29, 0.717) is 28.8 Å². The Hall–Kier alpha value is -1.76. The van der Waals surface area contributed by atoms with E-state index in [0.717, 1.165) is 17.5 Å². The standard InChI is InChI=1S/C23H27Cl2FN2O2S/c1-3-11-27-23(30)21(4-2)28(13-16-5-9-19(26)10-6-16)22(29)15-31-14-17-7-8-18(24)12-20(17)25/h5-10,12,21H,3-4,11,13-15H2,1-2H3,(H,27,30)/t21-/m1/s1. The van der Waals surface area contributed by atoms with Crippen LogP contribution < -0.4 is 5.32 Å². The summed E-state index contributed by atoms with van der Waals surface area (Å²) in [5.74, 6) is 0.0658. The van der Waals surface area contributed by atoms with Gasteiger partial charge in [0.05, 0.1) is 5.75 Å². The number of nitrogens with one attached hydrogen (secondary N) is 1. The molecule has 1 atom stereocenters. The van der Waals surface area contributed by atoms with E-state index in [2.05, 4.69) is 5.32 Å². The normalized spacial score (nSPS) is 11.8. The molecule has 2 aromatic rings. The Labute approximate surface area is 197 Å². The van der Waals surface area contributed by atoms with Gasteiger partial charge in [0.2, 0.25) is 11.8 Å². The van der Waals surface area contributed by atoms with Crippen molar-refractivity contribution in [1.29, 1.82) is 0 Å². The lowest BCUT2D eigenvalue weighted by Crippen LogP contribution is -2.49. The van der Waals surface area contributed by atoms with Gasteiger partial charge in [-0.05, 0) is 48.2 Å². The summed E-state index contributed by atoms with van der Waals surface area (Å²) in [4.78, 5) is 27.4. The van der Waals surface area contributed by atoms with Crippen LogP contribution >= 0.6 is 35.0 Å². The molecule has 0 unspecified atom stereocenters. The fourth-order valence-corrected chi connectivity index (χ4v) is 4.51. The van der Waals surface area contributed by atoms with E-state index < -0.39 is 6.04 Å². The molecule has 1 N–H and O–H groups in total. The smallest absolute Gasteiger partial charge is 0.242 e. The van der Waals surface area contributed by atoms with Gasteiger partial charge in [0.1, 0.15) is 11.9 Å². The van der Waals surface area contributed by atoms with Crippen molar-refractivity contribution in [2.45, 2.75) is 45.0 Å². The van der Waals surface area contributed by atoms with Crippen LogP contribution in [0.5, 0.6) is 0 Å². The predicted molar refractivity (Wildman–Crippen MR) is 127 cm³/mol. The first kappa shape index (κ1) is 25.5. The molecule has 168 valence electrons. The highest BCUT2D eigenvalue weighted by Crippen LogP contribution is 2.25. The van der Waals surface area contributed by atoms with Crippen molar-refractivity contribution in [1.82, 2.24) is 10.2 Å². The molecule has 0 saturated heterocycles. The second-order valence-electron chi connectivity index (χ2n) is 7.09. The maximum Gasteiger partial charge on any atom is 0.242 e. The number of nitrogens with zero attached hydrogens (tertiary/aromatic N) is 1. The SMILES string of the molecule is CCCNC(=O)[C@@H](CC)N(Cc1ccc(F)cc1)C(=O)CSCc1ccc(Cl)cc1Cl. The van der Waals surface area contributed by atoms with Crippen LogP contribution in [0, 0.1) is 5.82 Å². The van der Waals surface area contributed by atoms with Crippen molar-refractivity contribution in [3.63, 3.8) is 0 Å². The maximum absolute atomic E-state index is 13.3. The molecule has 0 aliphatic heterocycles. The van der Waals surface area contributed by atoms with Gasteiger partial charge in [-0.15, -0.1) is 11.8 Å². The van der Waals surface area contributed by atoms with Crippen LogP contribution in [0.4, 0.5) is 4.39 Å². The number of carbonyl (C=O) groups excluding carboxylic acids is 2. The second kappa shape index (κ2) is 12.9. The van der Waals surface area contributed by atoms with E-state index in [1.165, 1.54) is 23.9 Å². The quantitative estimate of drug-likeness (QED) is 0.444. The molecule has 0 spiro atoms. The zero-order valence-electron chi connectivity index (χ0n) is 17.7. The molecule has 2 aromatic carbocycles. The van der Waals surface area contributed by atoms with Crippen LogP contribution in [0.2, 0.25) is 10.0 Å². The average Bonchev–Trinajstić information content (AvgIpc) is 2.74. The van der Waals surface area contributed by atoms with Crippen molar-refractivity contribution in [3.8, 4) is 0 Å². The monoisotopic (exact) mass is 484 g/mol. The molecule has 0 bridgehead atoms. The summed E-state index contributed by atoms with van der Waals surface area (Å²) in [6.45, 7) is 4.64. The van der Waals surface area contributed by atoms with Gasteiger partial charge in [0.25, 0.3) is 0 Å². The predicted octanol–water partition coefficient (Wildman–Crippen LogP) is 5.70. The minimum atomic E-state index is -0.594. The van der Waals surface area contributed by atoms with E-state index in [-0.39, 0.29) is 29.9 Å². The van der Waals surface area contributed by atoms with Crippen molar-refractivity contribution in [2.24, 2.45) is 0 Å². The number of benzene rings is 2. The molecular weight excluding hydrogens is 458 g/mol. The van der Waals surface area contributed by atoms with E-state index in [1.54, 1.807) is 29.2 Å². The Kier molecular flexibility index (Phi) is 10.6. The molecule has 0 heterocycles. The Bertz CT molecular complexity index is 880. The average molecular weight is 485 g/mol. The number of thioether (sulfide) groups is 1. The van der Waals surface area contributed by atoms with Crippen LogP contribution in [-0.2, 0) is 21.9 Å². The van der Waals surface area contributed by atoms with Gasteiger partial charge in [-0.3, -0.25) is 9.59 Å². The fraction of sp³-hybridized carbons (Fsp3) is 0.391. The van der Waals surface area contributed by atoms with Gasteiger partial charge >= 0.3 is 0 Å². The first-order chi connectivity index (χ1) is 14.8. The summed E-state index contributed by atoms with van der Waals surface area (Å²) in [5, 5.41) is 3.99. The number of hydrogen-bond donors (Lipinski definition) is 1. The molecule has 0 saturated carbocycles. The van der Waals surface area contributed by atoms with Gasteiger partial charge in [-0.2, -0.15) is 0 Å². The van der Waals surface area contributed by atoms with Gasteiger partial charge in [-0.25, -0.2) is 4.39 Å². The minimum Gasteiger partial charge on any atom is -0.354 e. The first-order valence-corrected chi connectivity index (χ1v) is 12.1. The summed E-state index contributed by atoms with van der Waals surface area (Å²) in [5.41, 5.74) is 1.66. The molecule has 31 heavy (non-hydrogen) atoms. The van der Waals surface area contributed by atoms with E-state index in [4.69, 9.17) is 23.2 Å². The topological polar surface area (TPSA) is 49.4 Å². The molecule has 4 nitrogen and oxygen atoms in total. The summed E-state index contributed by atoms with van der Waals surface area (Å²) in [7, 11) is 0. The van der Waals surface area contributed by atoms with Gasteiger partial charge in [0, 0.05) is 28.9 Å². The van der Waals surface area contributed by atoms with Crippen molar-refractivity contribution < 1.29 is 14.0 Å². The summed E-state index contributed by atoms with van der Waals surface area (Å²) in [6.07, 6.45) is 1.29. The third-order valence-corrected chi connectivity index (χ3v) is 6.25. The minimum absolute atomic E-state index is 0.155. The molecule has 0 radical (unpaired) electrons. The fourth-order valence-electron chi connectivity index (χ4n) is 3.04. The number of rotatable bonds is 11. The van der Waals surface area contributed by atoms with Crippen LogP contribution in [-0.4, -0.2) is 35.1 Å². The van der Waals surface area contributed by atoms with Crippen LogP contribution in [0.15, 0.2) is 42.5 Å². The third-order valence-electron chi connectivity index (χ3n) is 4.70. The third kappa shape index (κ3) is 8.02. The molecule has 0 aliphatic carbocycles. The van der Waals surface area contributed by atoms with Crippen molar-refractivity contribution in [2.75, 3.05) is 12.3 Å². The number of carbonyl (C=O) groups is 2. The molecule has 2 amide bonds. The Morgan fingerprint density at radius 1 is 1.13 bits per heavy atom. The number of amides is 2. The summed E-state index contributed by atoms with van der Waals surface area (Å²) in [6, 6.07) is 10.7. The van der Waals surface area contributed by atoms with E-state index in [1.807, 2.05) is 19.9 Å². The second-order valence-corrected chi connectivity index (χ2v) is 8.92. The lowest BCUT2D eigenvalue weighted by molar-refractivity contribution is -0.139. The molecule has 8 heteroatoms. The number of halogens is 3. The van der Waals surface area contributed by atoms with Crippen LogP contribution in [0.25, 0.3) is 0 Å². The molecule has 0 aliphatic rings. The first-order valence-electron chi connectivity index (χ1n) is 10.2. The Morgan fingerprint density at radius 3 is 2.45 bits per heavy atom. The lowest BCUT2D eigenvalue weighted by atomic mass is 10.1. The van der Waals surface area contributed by atoms with E-state index in [9.17, 15) is 14.0 Å².